The third kappa shape index (κ3) is 2.48. The van der Waals surface area contributed by atoms with Crippen LogP contribution in [0.2, 0.25) is 0 Å². The van der Waals surface area contributed by atoms with Crippen LogP contribution >= 0.6 is 0 Å². The van der Waals surface area contributed by atoms with Gasteiger partial charge < -0.3 is 5.32 Å². The van der Waals surface area contributed by atoms with Gasteiger partial charge in [-0.3, -0.25) is 20.0 Å². The number of H-pyrrole nitrogens is 1. The first-order valence-corrected chi connectivity index (χ1v) is 5.04. The molecule has 0 aliphatic rings. The Hall–Kier alpha value is -2.77. The van der Waals surface area contributed by atoms with Crippen LogP contribution < -0.4 is 5.32 Å². The van der Waals surface area contributed by atoms with Crippen molar-refractivity contribution >= 4 is 11.6 Å². The summed E-state index contributed by atoms with van der Waals surface area (Å²) in [7, 11) is 0. The fourth-order valence-corrected chi connectivity index (χ4v) is 1.40. The van der Waals surface area contributed by atoms with Crippen LogP contribution in [0, 0.1) is 10.1 Å². The molecule has 0 aliphatic carbocycles. The van der Waals surface area contributed by atoms with E-state index in [1.54, 1.807) is 6.07 Å². The van der Waals surface area contributed by atoms with Gasteiger partial charge in [0.25, 0.3) is 11.6 Å². The summed E-state index contributed by atoms with van der Waals surface area (Å²) in [5.74, 6) is -0.0550. The smallest absolute Gasteiger partial charge is 0.282 e. The molecule has 1 aromatic carbocycles. The van der Waals surface area contributed by atoms with Crippen LogP contribution in [0.25, 0.3) is 0 Å². The summed E-state index contributed by atoms with van der Waals surface area (Å²) in [6.45, 7) is 0.130. The van der Waals surface area contributed by atoms with Gasteiger partial charge in [-0.2, -0.15) is 5.10 Å². The summed E-state index contributed by atoms with van der Waals surface area (Å²) in [6, 6.07) is 5.75. The molecule has 0 atom stereocenters. The van der Waals surface area contributed by atoms with Crippen LogP contribution in [0.3, 0.4) is 0 Å². The highest BCUT2D eigenvalue weighted by molar-refractivity contribution is 5.97. The van der Waals surface area contributed by atoms with Gasteiger partial charge >= 0.3 is 0 Å². The number of hydrogen-bond acceptors (Lipinski definition) is 5. The van der Waals surface area contributed by atoms with Crippen molar-refractivity contribution < 1.29 is 9.72 Å². The number of nitrogens with one attached hydrogen (secondary N) is 2. The number of benzene rings is 1. The van der Waals surface area contributed by atoms with Crippen molar-refractivity contribution in [2.45, 2.75) is 6.54 Å². The number of carbonyl (C=O) groups excluding carboxylic acids is 1. The Labute approximate surface area is 101 Å². The number of para-hydroxylation sites is 1. The van der Waals surface area contributed by atoms with E-state index < -0.39 is 10.8 Å². The number of amides is 1. The number of carbonyl (C=O) groups is 1. The van der Waals surface area contributed by atoms with Crippen molar-refractivity contribution in [3.8, 4) is 0 Å². The standard InChI is InChI=1S/C10H9N5O3/c16-10(11-5-9-12-6-13-14-9)7-3-1-2-4-8(7)15(17)18/h1-4,6H,5H2,(H,11,16)(H,12,13,14). The summed E-state index contributed by atoms with van der Waals surface area (Å²) < 4.78 is 0. The van der Waals surface area contributed by atoms with Crippen LogP contribution in [0.5, 0.6) is 0 Å². The molecule has 2 aromatic rings. The van der Waals surface area contributed by atoms with E-state index in [1.807, 2.05) is 0 Å². The van der Waals surface area contributed by atoms with Crippen LogP contribution in [0.15, 0.2) is 30.6 Å². The zero-order valence-electron chi connectivity index (χ0n) is 9.16. The van der Waals surface area contributed by atoms with Gasteiger partial charge in [0.15, 0.2) is 0 Å². The van der Waals surface area contributed by atoms with Crippen molar-refractivity contribution in [3.05, 3.63) is 52.1 Å². The molecule has 2 rings (SSSR count). The van der Waals surface area contributed by atoms with Gasteiger partial charge in [-0.05, 0) is 6.07 Å². The molecular formula is C10H9N5O3. The molecule has 1 amide bonds. The van der Waals surface area contributed by atoms with Crippen LogP contribution in [0.1, 0.15) is 16.2 Å². The number of nitro groups is 1. The summed E-state index contributed by atoms with van der Waals surface area (Å²) in [6.07, 6.45) is 1.31. The molecule has 1 aromatic heterocycles. The van der Waals surface area contributed by atoms with Gasteiger partial charge in [-0.25, -0.2) is 4.98 Å². The third-order valence-corrected chi connectivity index (χ3v) is 2.23. The predicted molar refractivity (Wildman–Crippen MR) is 60.6 cm³/mol. The lowest BCUT2D eigenvalue weighted by molar-refractivity contribution is -0.385. The zero-order valence-corrected chi connectivity index (χ0v) is 9.16. The normalized spacial score (nSPS) is 10.0. The molecule has 0 spiro atoms. The van der Waals surface area contributed by atoms with E-state index in [0.29, 0.717) is 5.82 Å². The summed E-state index contributed by atoms with van der Waals surface area (Å²) in [4.78, 5) is 25.8. The van der Waals surface area contributed by atoms with Crippen LogP contribution in [0.4, 0.5) is 5.69 Å². The second-order valence-corrected chi connectivity index (χ2v) is 3.39. The Bertz CT molecular complexity index is 567. The fourth-order valence-electron chi connectivity index (χ4n) is 1.40. The lowest BCUT2D eigenvalue weighted by Gasteiger charge is -2.03. The number of nitrogens with zero attached hydrogens (tertiary/aromatic N) is 3. The lowest BCUT2D eigenvalue weighted by Crippen LogP contribution is -2.24. The predicted octanol–water partition coefficient (Wildman–Crippen LogP) is 0.643. The molecule has 8 heteroatoms. The average molecular weight is 247 g/mol. The average Bonchev–Trinajstić information content (AvgIpc) is 2.89. The Morgan fingerprint density at radius 3 is 2.89 bits per heavy atom. The molecule has 92 valence electrons. The minimum absolute atomic E-state index is 0.0158. The molecular weight excluding hydrogens is 238 g/mol. The minimum atomic E-state index is -0.594. The number of rotatable bonds is 4. The second-order valence-electron chi connectivity index (χ2n) is 3.39. The summed E-state index contributed by atoms with van der Waals surface area (Å²) in [5, 5.41) is 19.5. The molecule has 8 nitrogen and oxygen atoms in total. The van der Waals surface area contributed by atoms with Gasteiger partial charge in [0.1, 0.15) is 17.7 Å². The minimum Gasteiger partial charge on any atom is -0.345 e. The van der Waals surface area contributed by atoms with Gasteiger partial charge in [0.05, 0.1) is 11.5 Å². The third-order valence-electron chi connectivity index (χ3n) is 2.23. The van der Waals surface area contributed by atoms with Gasteiger partial charge in [-0.1, -0.05) is 12.1 Å². The Morgan fingerprint density at radius 1 is 1.44 bits per heavy atom. The van der Waals surface area contributed by atoms with E-state index in [-0.39, 0.29) is 17.8 Å². The quantitative estimate of drug-likeness (QED) is 0.608. The molecule has 1 heterocycles. The maximum absolute atomic E-state index is 11.8. The monoisotopic (exact) mass is 247 g/mol. The molecule has 0 fully saturated rings. The number of nitro benzene ring substituents is 1. The van der Waals surface area contributed by atoms with Crippen LogP contribution in [-0.4, -0.2) is 26.0 Å². The summed E-state index contributed by atoms with van der Waals surface area (Å²) in [5.41, 5.74) is -0.213. The molecule has 0 radical (unpaired) electrons. The topological polar surface area (TPSA) is 114 Å². The van der Waals surface area contributed by atoms with E-state index in [4.69, 9.17) is 0 Å². The van der Waals surface area contributed by atoms with Crippen molar-refractivity contribution in [2.75, 3.05) is 0 Å². The number of aromatic nitrogens is 3. The van der Waals surface area contributed by atoms with Crippen LogP contribution in [-0.2, 0) is 6.54 Å². The highest BCUT2D eigenvalue weighted by Crippen LogP contribution is 2.17. The first kappa shape index (κ1) is 11.7. The number of aromatic amines is 1. The molecule has 18 heavy (non-hydrogen) atoms. The first-order chi connectivity index (χ1) is 8.68. The lowest BCUT2D eigenvalue weighted by atomic mass is 10.1. The maximum atomic E-state index is 11.8. The molecule has 0 aliphatic heterocycles. The molecule has 0 bridgehead atoms. The zero-order chi connectivity index (χ0) is 13.0. The molecule has 0 saturated carbocycles. The SMILES string of the molecule is O=C(NCc1ncn[nH]1)c1ccccc1[N+](=O)[O-]. The van der Waals surface area contributed by atoms with Gasteiger partial charge in [0.2, 0.25) is 0 Å². The van der Waals surface area contributed by atoms with Crippen molar-refractivity contribution in [2.24, 2.45) is 0 Å². The highest BCUT2D eigenvalue weighted by atomic mass is 16.6. The van der Waals surface area contributed by atoms with Gasteiger partial charge in [-0.15, -0.1) is 0 Å². The maximum Gasteiger partial charge on any atom is 0.282 e. The largest absolute Gasteiger partial charge is 0.345 e. The molecule has 0 unspecified atom stereocenters. The van der Waals surface area contributed by atoms with Crippen molar-refractivity contribution in [1.29, 1.82) is 0 Å². The van der Waals surface area contributed by atoms with E-state index >= 15 is 0 Å². The molecule has 0 saturated heterocycles. The van der Waals surface area contributed by atoms with E-state index in [2.05, 4.69) is 20.5 Å². The van der Waals surface area contributed by atoms with Gasteiger partial charge in [0, 0.05) is 6.07 Å². The first-order valence-electron chi connectivity index (χ1n) is 5.04. The molecule has 2 N–H and O–H groups in total. The van der Waals surface area contributed by atoms with Crippen molar-refractivity contribution in [3.63, 3.8) is 0 Å². The fraction of sp³-hybridized carbons (Fsp3) is 0.100. The van der Waals surface area contributed by atoms with E-state index in [1.165, 1.54) is 24.5 Å². The summed E-state index contributed by atoms with van der Waals surface area (Å²) >= 11 is 0. The van der Waals surface area contributed by atoms with Crippen molar-refractivity contribution in [1.82, 2.24) is 20.5 Å². The Kier molecular flexibility index (Phi) is 3.28. The number of hydrogen-bond donors (Lipinski definition) is 2. The highest BCUT2D eigenvalue weighted by Gasteiger charge is 2.18. The van der Waals surface area contributed by atoms with E-state index in [0.717, 1.165) is 0 Å². The Morgan fingerprint density at radius 2 is 2.22 bits per heavy atom. The second kappa shape index (κ2) is 5.04. The Balaban J connectivity index is 2.11. The van der Waals surface area contributed by atoms with E-state index in [9.17, 15) is 14.9 Å².